The summed E-state index contributed by atoms with van der Waals surface area (Å²) in [4.78, 5) is 14.9. The zero-order valence-corrected chi connectivity index (χ0v) is 10.8. The third-order valence-corrected chi connectivity index (χ3v) is 5.59. The van der Waals surface area contributed by atoms with E-state index in [2.05, 4.69) is 22.4 Å². The minimum absolute atomic E-state index is 0.306. The highest BCUT2D eigenvalue weighted by Gasteiger charge is 2.43. The van der Waals surface area contributed by atoms with E-state index in [-0.39, 0.29) is 0 Å². The summed E-state index contributed by atoms with van der Waals surface area (Å²) < 4.78 is 0. The molecule has 0 aromatic carbocycles. The van der Waals surface area contributed by atoms with Gasteiger partial charge < -0.3 is 10.2 Å². The molecule has 1 amide bonds. The molecule has 1 N–H and O–H groups in total. The molecule has 2 aliphatic heterocycles. The van der Waals surface area contributed by atoms with Crippen molar-refractivity contribution in [3.05, 3.63) is 12.2 Å². The Hall–Kier alpha value is -0.830. The number of carbonyl (C=O) groups excluding carboxylic acids is 1. The zero-order chi connectivity index (χ0) is 12.1. The lowest BCUT2D eigenvalue weighted by Gasteiger charge is -2.38. The Kier molecular flexibility index (Phi) is 2.51. The molecule has 0 aromatic rings. The molecular weight excluding hydrogens is 224 g/mol. The molecule has 1 saturated carbocycles. The molecule has 3 fully saturated rings. The predicted octanol–water partition coefficient (Wildman–Crippen LogP) is 1.27. The Morgan fingerprint density at radius 1 is 1.11 bits per heavy atom. The van der Waals surface area contributed by atoms with Crippen LogP contribution in [0.2, 0.25) is 0 Å². The fraction of sp³-hybridized carbons (Fsp3) is 0.800. The number of hydrogen-bond donors (Lipinski definition) is 1. The average Bonchev–Trinajstić information content (AvgIpc) is 3.00. The molecule has 3 unspecified atom stereocenters. The maximum absolute atomic E-state index is 12.7. The minimum atomic E-state index is 0.306. The molecule has 98 valence electrons. The molecule has 3 nitrogen and oxygen atoms in total. The fourth-order valence-corrected chi connectivity index (χ4v) is 4.49. The van der Waals surface area contributed by atoms with Crippen LogP contribution in [0, 0.1) is 29.6 Å². The molecule has 2 saturated heterocycles. The zero-order valence-electron chi connectivity index (χ0n) is 10.8. The highest BCUT2D eigenvalue weighted by atomic mass is 16.2. The molecule has 2 heterocycles. The summed E-state index contributed by atoms with van der Waals surface area (Å²) >= 11 is 0. The van der Waals surface area contributed by atoms with E-state index < -0.39 is 0 Å². The Morgan fingerprint density at radius 3 is 2.44 bits per heavy atom. The Balaban J connectivity index is 1.46. The van der Waals surface area contributed by atoms with E-state index in [1.807, 2.05) is 0 Å². The Labute approximate surface area is 109 Å². The van der Waals surface area contributed by atoms with E-state index >= 15 is 0 Å². The van der Waals surface area contributed by atoms with Gasteiger partial charge >= 0.3 is 0 Å². The van der Waals surface area contributed by atoms with Crippen LogP contribution >= 0.6 is 0 Å². The number of fused-ring (bicyclic) bond motifs is 3. The second-order valence-corrected chi connectivity index (χ2v) is 6.65. The van der Waals surface area contributed by atoms with Crippen molar-refractivity contribution in [2.24, 2.45) is 29.6 Å². The number of nitrogens with zero attached hydrogens (tertiary/aromatic N) is 1. The van der Waals surface area contributed by atoms with E-state index in [1.165, 1.54) is 12.8 Å². The summed E-state index contributed by atoms with van der Waals surface area (Å²) in [5, 5.41) is 3.44. The van der Waals surface area contributed by atoms with Crippen molar-refractivity contribution in [3.63, 3.8) is 0 Å². The lowest BCUT2D eigenvalue weighted by Crippen LogP contribution is -2.42. The SMILES string of the molecule is O=C(C1C[C@H]2C=C[C@@H]1CC2)N1CC2CNCC2C1. The number of nitrogens with one attached hydrogen (secondary N) is 1. The number of allylic oxidation sites excluding steroid dienone is 2. The summed E-state index contributed by atoms with van der Waals surface area (Å²) in [7, 11) is 0. The molecule has 0 aromatic heterocycles. The molecule has 2 bridgehead atoms. The lowest BCUT2D eigenvalue weighted by molar-refractivity contribution is -0.137. The predicted molar refractivity (Wildman–Crippen MR) is 69.9 cm³/mol. The molecule has 5 rings (SSSR count). The highest BCUT2D eigenvalue weighted by molar-refractivity contribution is 5.80. The van der Waals surface area contributed by atoms with Gasteiger partial charge in [0.15, 0.2) is 0 Å². The monoisotopic (exact) mass is 246 g/mol. The fourth-order valence-electron chi connectivity index (χ4n) is 4.49. The van der Waals surface area contributed by atoms with Crippen LogP contribution in [0.1, 0.15) is 19.3 Å². The first-order chi connectivity index (χ1) is 8.81. The number of carbonyl (C=O) groups is 1. The molecule has 5 aliphatic rings. The van der Waals surface area contributed by atoms with E-state index in [0.29, 0.717) is 23.7 Å². The topological polar surface area (TPSA) is 32.3 Å². The van der Waals surface area contributed by atoms with Crippen LogP contribution in [-0.4, -0.2) is 37.0 Å². The van der Waals surface area contributed by atoms with Crippen LogP contribution in [0.5, 0.6) is 0 Å². The van der Waals surface area contributed by atoms with Gasteiger partial charge in [-0.25, -0.2) is 0 Å². The van der Waals surface area contributed by atoms with Gasteiger partial charge in [-0.15, -0.1) is 0 Å². The van der Waals surface area contributed by atoms with Gasteiger partial charge in [0, 0.05) is 32.1 Å². The average molecular weight is 246 g/mol. The van der Waals surface area contributed by atoms with Crippen molar-refractivity contribution in [3.8, 4) is 0 Å². The van der Waals surface area contributed by atoms with E-state index in [9.17, 15) is 4.79 Å². The smallest absolute Gasteiger partial charge is 0.226 e. The standard InChI is InChI=1S/C15H22N2O/c18-15(14-5-10-1-3-11(14)4-2-10)17-8-12-6-16-7-13(12)9-17/h1,3,10-14,16H,2,4-9H2/t10-,11+,12?,13?,14?/m0/s1. The van der Waals surface area contributed by atoms with Crippen LogP contribution in [0.25, 0.3) is 0 Å². The molecule has 0 spiro atoms. The van der Waals surface area contributed by atoms with Crippen LogP contribution in [0.4, 0.5) is 0 Å². The van der Waals surface area contributed by atoms with Crippen LogP contribution in [0.15, 0.2) is 12.2 Å². The van der Waals surface area contributed by atoms with Crippen molar-refractivity contribution < 1.29 is 4.79 Å². The molecule has 5 atom stereocenters. The van der Waals surface area contributed by atoms with Gasteiger partial charge in [-0.1, -0.05) is 12.2 Å². The van der Waals surface area contributed by atoms with Gasteiger partial charge in [0.05, 0.1) is 0 Å². The maximum Gasteiger partial charge on any atom is 0.226 e. The molecular formula is C15H22N2O. The first kappa shape index (κ1) is 11.0. The molecule has 18 heavy (non-hydrogen) atoms. The van der Waals surface area contributed by atoms with Crippen molar-refractivity contribution >= 4 is 5.91 Å². The van der Waals surface area contributed by atoms with Gasteiger partial charge in [0.2, 0.25) is 5.91 Å². The van der Waals surface area contributed by atoms with E-state index in [0.717, 1.165) is 44.4 Å². The summed E-state index contributed by atoms with van der Waals surface area (Å²) in [6.07, 6.45) is 8.32. The van der Waals surface area contributed by atoms with Gasteiger partial charge in [-0.2, -0.15) is 0 Å². The van der Waals surface area contributed by atoms with Gasteiger partial charge in [0.25, 0.3) is 0 Å². The summed E-state index contributed by atoms with van der Waals surface area (Å²) in [6.45, 7) is 4.25. The molecule has 3 heteroatoms. The maximum atomic E-state index is 12.7. The van der Waals surface area contributed by atoms with Crippen molar-refractivity contribution in [1.29, 1.82) is 0 Å². The van der Waals surface area contributed by atoms with Crippen molar-refractivity contribution in [2.75, 3.05) is 26.2 Å². The van der Waals surface area contributed by atoms with E-state index in [1.54, 1.807) is 0 Å². The number of likely N-dealkylation sites (tertiary alicyclic amines) is 1. The quantitative estimate of drug-likeness (QED) is 0.707. The van der Waals surface area contributed by atoms with Crippen LogP contribution in [0.3, 0.4) is 0 Å². The first-order valence-electron chi connectivity index (χ1n) is 7.49. The van der Waals surface area contributed by atoms with Gasteiger partial charge in [0.1, 0.15) is 0 Å². The third-order valence-electron chi connectivity index (χ3n) is 5.59. The van der Waals surface area contributed by atoms with Crippen molar-refractivity contribution in [1.82, 2.24) is 10.2 Å². The largest absolute Gasteiger partial charge is 0.342 e. The van der Waals surface area contributed by atoms with Gasteiger partial charge in [-0.3, -0.25) is 4.79 Å². The van der Waals surface area contributed by atoms with Crippen LogP contribution in [-0.2, 0) is 4.79 Å². The minimum Gasteiger partial charge on any atom is -0.342 e. The Morgan fingerprint density at radius 2 is 1.89 bits per heavy atom. The molecule has 3 aliphatic carbocycles. The second-order valence-electron chi connectivity index (χ2n) is 6.65. The van der Waals surface area contributed by atoms with Gasteiger partial charge in [-0.05, 0) is 42.9 Å². The normalized spacial score (nSPS) is 45.6. The first-order valence-corrected chi connectivity index (χ1v) is 7.49. The lowest BCUT2D eigenvalue weighted by atomic mass is 9.68. The number of amides is 1. The Bertz CT molecular complexity index is 380. The van der Waals surface area contributed by atoms with E-state index in [4.69, 9.17) is 0 Å². The summed E-state index contributed by atoms with van der Waals surface area (Å²) in [5.74, 6) is 3.45. The molecule has 0 radical (unpaired) electrons. The highest BCUT2D eigenvalue weighted by Crippen LogP contribution is 2.42. The number of rotatable bonds is 1. The summed E-state index contributed by atoms with van der Waals surface area (Å²) in [6, 6.07) is 0. The third kappa shape index (κ3) is 1.63. The summed E-state index contributed by atoms with van der Waals surface area (Å²) in [5.41, 5.74) is 0. The number of hydrogen-bond acceptors (Lipinski definition) is 2. The van der Waals surface area contributed by atoms with Crippen molar-refractivity contribution in [2.45, 2.75) is 19.3 Å². The van der Waals surface area contributed by atoms with Crippen LogP contribution < -0.4 is 5.32 Å². The second kappa shape index (κ2) is 4.09.